The highest BCUT2D eigenvalue weighted by molar-refractivity contribution is 14.0. The summed E-state index contributed by atoms with van der Waals surface area (Å²) in [4.78, 5) is 19.0. The molecular formula is C20H33FIN5O. The van der Waals surface area contributed by atoms with Gasteiger partial charge in [-0.25, -0.2) is 4.39 Å². The third-order valence-electron chi connectivity index (χ3n) is 4.82. The number of hydrogen-bond acceptors (Lipinski definition) is 3. The molecule has 3 N–H and O–H groups in total. The second-order valence-electron chi connectivity index (χ2n) is 7.27. The van der Waals surface area contributed by atoms with Gasteiger partial charge in [0.2, 0.25) is 0 Å². The highest BCUT2D eigenvalue weighted by Gasteiger charge is 2.31. The van der Waals surface area contributed by atoms with Crippen LogP contribution in [-0.2, 0) is 0 Å². The Hall–Kier alpha value is -1.42. The Morgan fingerprint density at radius 1 is 1.29 bits per heavy atom. The van der Waals surface area contributed by atoms with E-state index in [0.29, 0.717) is 31.1 Å². The van der Waals surface area contributed by atoms with Crippen molar-refractivity contribution >= 4 is 35.8 Å². The zero-order chi connectivity index (χ0) is 19.8. The summed E-state index contributed by atoms with van der Waals surface area (Å²) in [5.41, 5.74) is 0.0556. The molecule has 1 saturated heterocycles. The van der Waals surface area contributed by atoms with Crippen molar-refractivity contribution in [1.82, 2.24) is 20.9 Å². The maximum Gasteiger partial charge on any atom is 0.254 e. The molecule has 2 rings (SSSR count). The van der Waals surface area contributed by atoms with E-state index in [1.54, 1.807) is 12.1 Å². The van der Waals surface area contributed by atoms with Crippen molar-refractivity contribution in [2.45, 2.75) is 39.8 Å². The first-order valence-electron chi connectivity index (χ1n) is 9.74. The molecule has 1 aliphatic rings. The number of rotatable bonds is 7. The lowest BCUT2D eigenvalue weighted by Gasteiger charge is -2.22. The van der Waals surface area contributed by atoms with E-state index in [4.69, 9.17) is 0 Å². The van der Waals surface area contributed by atoms with E-state index in [9.17, 15) is 9.18 Å². The number of aliphatic imine (C=N–C) groups is 1. The summed E-state index contributed by atoms with van der Waals surface area (Å²) in [6.45, 7) is 12.3. The van der Waals surface area contributed by atoms with Crippen molar-refractivity contribution in [3.63, 3.8) is 0 Å². The van der Waals surface area contributed by atoms with E-state index in [2.05, 4.69) is 46.6 Å². The molecule has 8 heteroatoms. The van der Waals surface area contributed by atoms with Gasteiger partial charge in [-0.3, -0.25) is 14.7 Å². The lowest BCUT2D eigenvalue weighted by molar-refractivity contribution is 0.0951. The molecular weight excluding hydrogens is 472 g/mol. The highest BCUT2D eigenvalue weighted by atomic mass is 127. The zero-order valence-electron chi connectivity index (χ0n) is 17.2. The van der Waals surface area contributed by atoms with Crippen LogP contribution in [0.3, 0.4) is 0 Å². The number of benzene rings is 1. The van der Waals surface area contributed by atoms with E-state index >= 15 is 0 Å². The number of amides is 1. The first-order chi connectivity index (χ1) is 12.9. The SMILES string of the molecule is CCNC(=NCCNC(=O)c1ccccc1F)NC1CN(C(C)C)CC1C.I. The van der Waals surface area contributed by atoms with Gasteiger partial charge in [0.25, 0.3) is 5.91 Å². The fraction of sp³-hybridized carbons (Fsp3) is 0.600. The molecule has 0 bridgehead atoms. The molecule has 0 radical (unpaired) electrons. The molecule has 0 aliphatic carbocycles. The number of nitrogens with zero attached hydrogens (tertiary/aromatic N) is 2. The molecule has 2 unspecified atom stereocenters. The maximum absolute atomic E-state index is 13.6. The summed E-state index contributed by atoms with van der Waals surface area (Å²) < 4.78 is 13.6. The van der Waals surface area contributed by atoms with Gasteiger partial charge in [0.1, 0.15) is 5.82 Å². The molecule has 1 aliphatic heterocycles. The summed E-state index contributed by atoms with van der Waals surface area (Å²) in [7, 11) is 0. The van der Waals surface area contributed by atoms with Crippen molar-refractivity contribution in [1.29, 1.82) is 0 Å². The lowest BCUT2D eigenvalue weighted by atomic mass is 10.1. The quantitative estimate of drug-likeness (QED) is 0.231. The maximum atomic E-state index is 13.6. The number of nitrogens with one attached hydrogen (secondary N) is 3. The number of carbonyl (C=O) groups excluding carboxylic acids is 1. The highest BCUT2D eigenvalue weighted by Crippen LogP contribution is 2.18. The lowest BCUT2D eigenvalue weighted by Crippen LogP contribution is -2.47. The van der Waals surface area contributed by atoms with Crippen molar-refractivity contribution < 1.29 is 9.18 Å². The van der Waals surface area contributed by atoms with Crippen molar-refractivity contribution in [2.75, 3.05) is 32.7 Å². The monoisotopic (exact) mass is 505 g/mol. The smallest absolute Gasteiger partial charge is 0.254 e. The summed E-state index contributed by atoms with van der Waals surface area (Å²) in [6.07, 6.45) is 0. The molecule has 1 heterocycles. The molecule has 1 aromatic carbocycles. The summed E-state index contributed by atoms with van der Waals surface area (Å²) in [6, 6.07) is 6.85. The van der Waals surface area contributed by atoms with Crippen LogP contribution in [-0.4, -0.2) is 61.6 Å². The summed E-state index contributed by atoms with van der Waals surface area (Å²) in [5.74, 6) is 0.355. The second kappa shape index (κ2) is 12.2. The fourth-order valence-electron chi connectivity index (χ4n) is 3.19. The molecule has 6 nitrogen and oxygen atoms in total. The topological polar surface area (TPSA) is 68.8 Å². The Morgan fingerprint density at radius 3 is 2.61 bits per heavy atom. The molecule has 1 fully saturated rings. The van der Waals surface area contributed by atoms with Crippen LogP contribution >= 0.6 is 24.0 Å². The van der Waals surface area contributed by atoms with Gasteiger partial charge >= 0.3 is 0 Å². The van der Waals surface area contributed by atoms with Crippen molar-refractivity contribution in [3.05, 3.63) is 35.6 Å². The van der Waals surface area contributed by atoms with Crippen molar-refractivity contribution in [3.8, 4) is 0 Å². The minimum atomic E-state index is -0.515. The fourth-order valence-corrected chi connectivity index (χ4v) is 3.19. The third-order valence-corrected chi connectivity index (χ3v) is 4.82. The van der Waals surface area contributed by atoms with Crippen molar-refractivity contribution in [2.24, 2.45) is 10.9 Å². The second-order valence-corrected chi connectivity index (χ2v) is 7.27. The number of halogens is 2. The largest absolute Gasteiger partial charge is 0.357 e. The number of guanidine groups is 1. The Morgan fingerprint density at radius 2 is 2.00 bits per heavy atom. The van der Waals surface area contributed by atoms with Crippen LogP contribution in [0.1, 0.15) is 38.1 Å². The van der Waals surface area contributed by atoms with Crippen LogP contribution in [0.15, 0.2) is 29.3 Å². The molecule has 1 aromatic rings. The number of hydrogen-bond donors (Lipinski definition) is 3. The van der Waals surface area contributed by atoms with Crippen LogP contribution in [0.4, 0.5) is 4.39 Å². The minimum absolute atomic E-state index is 0. The van der Waals surface area contributed by atoms with E-state index < -0.39 is 11.7 Å². The third kappa shape index (κ3) is 7.20. The predicted octanol–water partition coefficient (Wildman–Crippen LogP) is 2.46. The van der Waals surface area contributed by atoms with E-state index in [1.807, 2.05) is 6.92 Å². The average molecular weight is 505 g/mol. The first kappa shape index (κ1) is 24.6. The van der Waals surface area contributed by atoms with E-state index in [1.165, 1.54) is 12.1 Å². The summed E-state index contributed by atoms with van der Waals surface area (Å²) in [5, 5.41) is 9.47. The van der Waals surface area contributed by atoms with Gasteiger partial charge in [-0.1, -0.05) is 19.1 Å². The predicted molar refractivity (Wildman–Crippen MR) is 123 cm³/mol. The van der Waals surface area contributed by atoms with Gasteiger partial charge in [0.05, 0.1) is 12.1 Å². The van der Waals surface area contributed by atoms with E-state index in [-0.39, 0.29) is 29.5 Å². The van der Waals surface area contributed by atoms with Crippen LogP contribution < -0.4 is 16.0 Å². The Labute approximate surface area is 184 Å². The number of carbonyl (C=O) groups is 1. The molecule has 28 heavy (non-hydrogen) atoms. The van der Waals surface area contributed by atoms with Crippen LogP contribution in [0.25, 0.3) is 0 Å². The molecule has 1 amide bonds. The van der Waals surface area contributed by atoms with Gasteiger partial charge < -0.3 is 16.0 Å². The van der Waals surface area contributed by atoms with Gasteiger partial charge in [0, 0.05) is 38.3 Å². The van der Waals surface area contributed by atoms with Crippen LogP contribution in [0, 0.1) is 11.7 Å². The van der Waals surface area contributed by atoms with E-state index in [0.717, 1.165) is 25.6 Å². The Bertz CT molecular complexity index is 655. The van der Waals surface area contributed by atoms with Gasteiger partial charge in [-0.15, -0.1) is 24.0 Å². The normalized spacial score (nSPS) is 20.0. The first-order valence-corrected chi connectivity index (χ1v) is 9.74. The molecule has 2 atom stereocenters. The Balaban J connectivity index is 0.00000392. The molecule has 0 spiro atoms. The van der Waals surface area contributed by atoms with Gasteiger partial charge in [-0.05, 0) is 38.8 Å². The zero-order valence-corrected chi connectivity index (χ0v) is 19.5. The molecule has 0 saturated carbocycles. The Kier molecular flexibility index (Phi) is 10.7. The molecule has 158 valence electrons. The number of likely N-dealkylation sites (tertiary alicyclic amines) is 1. The minimum Gasteiger partial charge on any atom is -0.357 e. The van der Waals surface area contributed by atoms with Gasteiger partial charge in [0.15, 0.2) is 5.96 Å². The summed E-state index contributed by atoms with van der Waals surface area (Å²) >= 11 is 0. The van der Waals surface area contributed by atoms with Crippen LogP contribution in [0.2, 0.25) is 0 Å². The average Bonchev–Trinajstić information content (AvgIpc) is 3.00. The van der Waals surface area contributed by atoms with Crippen LogP contribution in [0.5, 0.6) is 0 Å². The molecule has 0 aromatic heterocycles. The standard InChI is InChI=1S/C20H32FN5O.HI/c1-5-22-20(25-18-13-26(14(2)3)12-15(18)4)24-11-10-23-19(27)16-8-6-7-9-17(16)21;/h6-9,14-15,18H,5,10-13H2,1-4H3,(H,23,27)(H2,22,24,25);1H. The van der Waals surface area contributed by atoms with Gasteiger partial charge in [-0.2, -0.15) is 0 Å².